The molecule has 2 heterocycles. The molecule has 8 nitrogen and oxygen atoms in total. The highest BCUT2D eigenvalue weighted by molar-refractivity contribution is 6.22. The molecule has 3 rings (SSSR count). The Labute approximate surface area is 152 Å². The maximum atomic E-state index is 12.4. The molecule has 1 saturated heterocycles. The number of imide groups is 1. The third-order valence-corrected chi connectivity index (χ3v) is 4.76. The number of urea groups is 1. The minimum Gasteiger partial charge on any atom is -0.395 e. The van der Waals surface area contributed by atoms with Gasteiger partial charge in [0.2, 0.25) is 0 Å². The first-order valence-electron chi connectivity index (χ1n) is 8.83. The van der Waals surface area contributed by atoms with E-state index in [1.165, 1.54) is 4.90 Å². The third-order valence-electron chi connectivity index (χ3n) is 4.76. The summed E-state index contributed by atoms with van der Waals surface area (Å²) in [6.45, 7) is 6.90. The second kappa shape index (κ2) is 7.43. The summed E-state index contributed by atoms with van der Waals surface area (Å²) in [4.78, 5) is 42.2. The van der Waals surface area contributed by atoms with Crippen molar-refractivity contribution in [3.8, 4) is 0 Å². The largest absolute Gasteiger partial charge is 0.395 e. The van der Waals surface area contributed by atoms with Crippen LogP contribution in [0.25, 0.3) is 0 Å². The molecule has 0 saturated carbocycles. The van der Waals surface area contributed by atoms with Gasteiger partial charge in [0.15, 0.2) is 0 Å². The van der Waals surface area contributed by atoms with E-state index in [0.29, 0.717) is 49.5 Å². The van der Waals surface area contributed by atoms with Crippen LogP contribution in [0.3, 0.4) is 0 Å². The van der Waals surface area contributed by atoms with Gasteiger partial charge in [-0.3, -0.25) is 19.4 Å². The summed E-state index contributed by atoms with van der Waals surface area (Å²) in [5.41, 5.74) is 1.20. The zero-order chi connectivity index (χ0) is 18.8. The molecule has 0 atom stereocenters. The molecule has 0 unspecified atom stereocenters. The maximum Gasteiger partial charge on any atom is 0.321 e. The number of aliphatic hydroxyl groups excluding tert-OH is 1. The first-order chi connectivity index (χ1) is 12.4. The Morgan fingerprint density at radius 3 is 2.38 bits per heavy atom. The normalized spacial score (nSPS) is 17.8. The second-order valence-electron chi connectivity index (χ2n) is 6.82. The minimum atomic E-state index is -0.325. The van der Waals surface area contributed by atoms with Gasteiger partial charge in [0.25, 0.3) is 11.8 Å². The van der Waals surface area contributed by atoms with Gasteiger partial charge in [-0.25, -0.2) is 4.79 Å². The van der Waals surface area contributed by atoms with E-state index in [1.54, 1.807) is 36.9 Å². The number of amides is 4. The molecule has 2 aliphatic heterocycles. The fourth-order valence-corrected chi connectivity index (χ4v) is 3.32. The standard InChI is InChI=1S/C18H24N4O4/c1-12(2)22-16(24)14-4-3-13(11-15(14)17(22)25)19-18(26)21-7-5-20(6-8-21)9-10-23/h3-4,11-12,23H,5-10H2,1-2H3,(H,19,26). The van der Waals surface area contributed by atoms with E-state index in [0.717, 1.165) is 0 Å². The van der Waals surface area contributed by atoms with Crippen LogP contribution in [0.2, 0.25) is 0 Å². The van der Waals surface area contributed by atoms with Crippen LogP contribution >= 0.6 is 0 Å². The van der Waals surface area contributed by atoms with E-state index >= 15 is 0 Å². The van der Waals surface area contributed by atoms with Gasteiger partial charge < -0.3 is 15.3 Å². The number of aliphatic hydroxyl groups is 1. The summed E-state index contributed by atoms with van der Waals surface area (Å²) in [6, 6.07) is 4.36. The zero-order valence-corrected chi connectivity index (χ0v) is 15.1. The SMILES string of the molecule is CC(C)N1C(=O)c2ccc(NC(=O)N3CCN(CCO)CC3)cc2C1=O. The molecule has 8 heteroatoms. The molecule has 140 valence electrons. The molecule has 0 radical (unpaired) electrons. The third kappa shape index (κ3) is 3.42. The monoisotopic (exact) mass is 360 g/mol. The summed E-state index contributed by atoms with van der Waals surface area (Å²) in [5, 5.41) is 11.8. The lowest BCUT2D eigenvalue weighted by Gasteiger charge is -2.34. The van der Waals surface area contributed by atoms with E-state index in [4.69, 9.17) is 5.11 Å². The number of β-amino-alcohol motifs (C(OH)–C–C–N with tert-alkyl or cyclic N) is 1. The van der Waals surface area contributed by atoms with Gasteiger partial charge >= 0.3 is 6.03 Å². The van der Waals surface area contributed by atoms with Crippen LogP contribution in [0.4, 0.5) is 10.5 Å². The van der Waals surface area contributed by atoms with Crippen molar-refractivity contribution in [2.45, 2.75) is 19.9 Å². The molecule has 1 aromatic rings. The number of carbonyl (C=O) groups is 3. The van der Waals surface area contributed by atoms with E-state index in [-0.39, 0.29) is 30.5 Å². The number of rotatable bonds is 4. The molecule has 0 spiro atoms. The van der Waals surface area contributed by atoms with Crippen molar-refractivity contribution in [1.29, 1.82) is 0 Å². The molecule has 1 aromatic carbocycles. The predicted octanol–water partition coefficient (Wildman–Crippen LogP) is 0.833. The van der Waals surface area contributed by atoms with Crippen molar-refractivity contribution in [2.24, 2.45) is 0 Å². The first-order valence-corrected chi connectivity index (χ1v) is 8.83. The van der Waals surface area contributed by atoms with Gasteiger partial charge in [0, 0.05) is 44.5 Å². The molecule has 2 N–H and O–H groups in total. The van der Waals surface area contributed by atoms with Crippen LogP contribution in [0.5, 0.6) is 0 Å². The Morgan fingerprint density at radius 2 is 1.77 bits per heavy atom. The molecule has 1 fully saturated rings. The van der Waals surface area contributed by atoms with Crippen LogP contribution in [0.1, 0.15) is 34.6 Å². The summed E-state index contributed by atoms with van der Waals surface area (Å²) in [5.74, 6) is -0.619. The quantitative estimate of drug-likeness (QED) is 0.776. The summed E-state index contributed by atoms with van der Waals surface area (Å²) >= 11 is 0. The average molecular weight is 360 g/mol. The topological polar surface area (TPSA) is 93.2 Å². The number of anilines is 1. The lowest BCUT2D eigenvalue weighted by molar-refractivity contribution is 0.0609. The van der Waals surface area contributed by atoms with Gasteiger partial charge in [-0.05, 0) is 32.0 Å². The molecule has 0 aliphatic carbocycles. The fraction of sp³-hybridized carbons (Fsp3) is 0.500. The lowest BCUT2D eigenvalue weighted by Crippen LogP contribution is -2.50. The minimum absolute atomic E-state index is 0.113. The summed E-state index contributed by atoms with van der Waals surface area (Å²) in [6.07, 6.45) is 0. The number of nitrogens with one attached hydrogen (secondary N) is 1. The van der Waals surface area contributed by atoms with Crippen LogP contribution in [0.15, 0.2) is 18.2 Å². The van der Waals surface area contributed by atoms with Crippen molar-refractivity contribution in [3.63, 3.8) is 0 Å². The van der Waals surface area contributed by atoms with Crippen molar-refractivity contribution < 1.29 is 19.5 Å². The fourth-order valence-electron chi connectivity index (χ4n) is 3.32. The summed E-state index contributed by atoms with van der Waals surface area (Å²) in [7, 11) is 0. The molecule has 4 amide bonds. The van der Waals surface area contributed by atoms with Crippen molar-refractivity contribution in [3.05, 3.63) is 29.3 Å². The highest BCUT2D eigenvalue weighted by Gasteiger charge is 2.37. The first kappa shape index (κ1) is 18.3. The number of fused-ring (bicyclic) bond motifs is 1. The molecular weight excluding hydrogens is 336 g/mol. The van der Waals surface area contributed by atoms with Gasteiger partial charge in [-0.15, -0.1) is 0 Å². The zero-order valence-electron chi connectivity index (χ0n) is 15.1. The molecular formula is C18H24N4O4. The van der Waals surface area contributed by atoms with Gasteiger partial charge in [-0.2, -0.15) is 0 Å². The molecule has 2 aliphatic rings. The Morgan fingerprint density at radius 1 is 1.12 bits per heavy atom. The van der Waals surface area contributed by atoms with Crippen LogP contribution in [-0.2, 0) is 0 Å². The number of nitrogens with zero attached hydrogens (tertiary/aromatic N) is 3. The summed E-state index contributed by atoms with van der Waals surface area (Å²) < 4.78 is 0. The second-order valence-corrected chi connectivity index (χ2v) is 6.82. The predicted molar refractivity (Wildman–Crippen MR) is 96.2 cm³/mol. The Kier molecular flexibility index (Phi) is 5.24. The van der Waals surface area contributed by atoms with Crippen LogP contribution < -0.4 is 5.32 Å². The maximum absolute atomic E-state index is 12.4. The van der Waals surface area contributed by atoms with Crippen LogP contribution in [-0.4, -0.2) is 83.0 Å². The van der Waals surface area contributed by atoms with Gasteiger partial charge in [-0.1, -0.05) is 0 Å². The Balaban J connectivity index is 1.67. The smallest absolute Gasteiger partial charge is 0.321 e. The van der Waals surface area contributed by atoms with E-state index in [2.05, 4.69) is 10.2 Å². The van der Waals surface area contributed by atoms with Crippen molar-refractivity contribution >= 4 is 23.5 Å². The number of benzene rings is 1. The number of piperazine rings is 1. The highest BCUT2D eigenvalue weighted by Crippen LogP contribution is 2.27. The number of hydrogen-bond donors (Lipinski definition) is 2. The van der Waals surface area contributed by atoms with Crippen molar-refractivity contribution in [2.75, 3.05) is 44.6 Å². The van der Waals surface area contributed by atoms with E-state index in [1.807, 2.05) is 0 Å². The molecule has 0 bridgehead atoms. The van der Waals surface area contributed by atoms with Gasteiger partial charge in [0.1, 0.15) is 0 Å². The molecule has 0 aromatic heterocycles. The van der Waals surface area contributed by atoms with E-state index < -0.39 is 0 Å². The Hall–Kier alpha value is -2.45. The van der Waals surface area contributed by atoms with Crippen LogP contribution in [0, 0.1) is 0 Å². The molecule has 26 heavy (non-hydrogen) atoms. The lowest BCUT2D eigenvalue weighted by atomic mass is 10.1. The number of carbonyl (C=O) groups excluding carboxylic acids is 3. The van der Waals surface area contributed by atoms with Gasteiger partial charge in [0.05, 0.1) is 17.7 Å². The number of hydrogen-bond acceptors (Lipinski definition) is 5. The highest BCUT2D eigenvalue weighted by atomic mass is 16.3. The van der Waals surface area contributed by atoms with E-state index in [9.17, 15) is 14.4 Å². The Bertz CT molecular complexity index is 726. The average Bonchev–Trinajstić information content (AvgIpc) is 2.86. The van der Waals surface area contributed by atoms with Crippen molar-refractivity contribution in [1.82, 2.24) is 14.7 Å².